The Labute approximate surface area is 111 Å². The summed E-state index contributed by atoms with van der Waals surface area (Å²) in [5.74, 6) is 2.75. The number of fused-ring (bicyclic) bond motifs is 2. The molecule has 2 fully saturated rings. The normalized spacial score (nSPS) is 32.8. The zero-order chi connectivity index (χ0) is 13.3. The van der Waals surface area contributed by atoms with E-state index < -0.39 is 0 Å². The topological polar surface area (TPSA) is 26.3 Å². The summed E-state index contributed by atoms with van der Waals surface area (Å²) in [6.45, 7) is 8.91. The zero-order valence-corrected chi connectivity index (χ0v) is 12.4. The predicted octanol–water partition coefficient (Wildman–Crippen LogP) is 3.83. The minimum atomic E-state index is -0.221. The van der Waals surface area contributed by atoms with Gasteiger partial charge in [0.1, 0.15) is 6.10 Å². The van der Waals surface area contributed by atoms with Crippen molar-refractivity contribution < 1.29 is 9.53 Å². The molecule has 0 heterocycles. The molecule has 4 atom stereocenters. The molecular formula is C16H28O2. The van der Waals surface area contributed by atoms with E-state index in [4.69, 9.17) is 4.74 Å². The van der Waals surface area contributed by atoms with Gasteiger partial charge in [0.2, 0.25) is 0 Å². The van der Waals surface area contributed by atoms with Gasteiger partial charge in [-0.2, -0.15) is 0 Å². The zero-order valence-electron chi connectivity index (χ0n) is 12.4. The summed E-state index contributed by atoms with van der Waals surface area (Å²) < 4.78 is 5.71. The molecule has 0 aromatic heterocycles. The molecule has 0 spiro atoms. The summed E-state index contributed by atoms with van der Waals surface area (Å²) in [5, 5.41) is 0. The van der Waals surface area contributed by atoms with E-state index >= 15 is 0 Å². The molecular weight excluding hydrogens is 224 g/mol. The van der Waals surface area contributed by atoms with Gasteiger partial charge in [-0.3, -0.25) is 4.79 Å². The molecule has 0 aromatic rings. The van der Waals surface area contributed by atoms with Crippen LogP contribution in [0.25, 0.3) is 0 Å². The van der Waals surface area contributed by atoms with Crippen LogP contribution in [0.2, 0.25) is 0 Å². The summed E-state index contributed by atoms with van der Waals surface area (Å²) in [7, 11) is 0. The van der Waals surface area contributed by atoms with Crippen LogP contribution in [0.3, 0.4) is 0 Å². The van der Waals surface area contributed by atoms with E-state index in [1.54, 1.807) is 0 Å². The van der Waals surface area contributed by atoms with E-state index in [0.29, 0.717) is 18.3 Å². The smallest absolute Gasteiger partial charge is 0.162 e. The molecule has 2 bridgehead atoms. The highest BCUT2D eigenvalue weighted by molar-refractivity contribution is 5.84. The van der Waals surface area contributed by atoms with Gasteiger partial charge < -0.3 is 4.74 Å². The summed E-state index contributed by atoms with van der Waals surface area (Å²) in [6, 6.07) is 0. The third kappa shape index (κ3) is 2.96. The molecule has 0 saturated heterocycles. The van der Waals surface area contributed by atoms with Crippen LogP contribution in [-0.2, 0) is 9.53 Å². The third-order valence-electron chi connectivity index (χ3n) is 4.76. The second-order valence-electron chi connectivity index (χ2n) is 7.31. The van der Waals surface area contributed by atoms with Crippen LogP contribution in [0, 0.1) is 23.2 Å². The molecule has 2 heteroatoms. The summed E-state index contributed by atoms with van der Waals surface area (Å²) in [5.41, 5.74) is -0.0787. The Bertz CT molecular complexity index is 303. The van der Waals surface area contributed by atoms with Crippen LogP contribution in [0.15, 0.2) is 0 Å². The van der Waals surface area contributed by atoms with Crippen LogP contribution in [0.5, 0.6) is 0 Å². The molecule has 18 heavy (non-hydrogen) atoms. The minimum Gasteiger partial charge on any atom is -0.370 e. The van der Waals surface area contributed by atoms with E-state index in [2.05, 4.69) is 20.8 Å². The molecule has 2 nitrogen and oxygen atoms in total. The fourth-order valence-corrected chi connectivity index (χ4v) is 3.98. The van der Waals surface area contributed by atoms with Crippen molar-refractivity contribution in [2.24, 2.45) is 23.2 Å². The first-order chi connectivity index (χ1) is 8.41. The molecule has 2 rings (SSSR count). The van der Waals surface area contributed by atoms with Crippen molar-refractivity contribution in [3.8, 4) is 0 Å². The number of rotatable bonds is 5. The summed E-state index contributed by atoms with van der Waals surface area (Å²) >= 11 is 0. The monoisotopic (exact) mass is 252 g/mol. The van der Waals surface area contributed by atoms with Gasteiger partial charge in [0.15, 0.2) is 5.78 Å². The van der Waals surface area contributed by atoms with E-state index in [-0.39, 0.29) is 11.5 Å². The standard InChI is InChI=1S/C16H28O2/c1-5-18-15(16(2,3)4)14(17)10-13-9-11-6-7-12(13)8-11/h11-13,15H,5-10H2,1-4H3. The van der Waals surface area contributed by atoms with Gasteiger partial charge in [-0.05, 0) is 49.4 Å². The Morgan fingerprint density at radius 3 is 2.44 bits per heavy atom. The molecule has 4 unspecified atom stereocenters. The van der Waals surface area contributed by atoms with E-state index in [0.717, 1.165) is 18.3 Å². The van der Waals surface area contributed by atoms with Crippen molar-refractivity contribution in [3.63, 3.8) is 0 Å². The van der Waals surface area contributed by atoms with Gasteiger partial charge in [0.25, 0.3) is 0 Å². The molecule has 2 saturated carbocycles. The lowest BCUT2D eigenvalue weighted by Gasteiger charge is -2.31. The maximum Gasteiger partial charge on any atom is 0.162 e. The molecule has 0 aromatic carbocycles. The maximum atomic E-state index is 12.5. The molecule has 104 valence electrons. The van der Waals surface area contributed by atoms with Crippen molar-refractivity contribution in [1.82, 2.24) is 0 Å². The molecule has 0 aliphatic heterocycles. The van der Waals surface area contributed by atoms with Crippen molar-refractivity contribution in [3.05, 3.63) is 0 Å². The van der Waals surface area contributed by atoms with Crippen molar-refractivity contribution in [2.75, 3.05) is 6.61 Å². The van der Waals surface area contributed by atoms with Gasteiger partial charge in [-0.1, -0.05) is 27.2 Å². The molecule has 2 aliphatic rings. The number of ether oxygens (including phenoxy) is 1. The van der Waals surface area contributed by atoms with E-state index in [1.807, 2.05) is 6.92 Å². The Hall–Kier alpha value is -0.370. The number of hydrogen-bond acceptors (Lipinski definition) is 2. The number of hydrogen-bond donors (Lipinski definition) is 0. The van der Waals surface area contributed by atoms with Crippen molar-refractivity contribution in [1.29, 1.82) is 0 Å². The van der Waals surface area contributed by atoms with Crippen molar-refractivity contribution in [2.45, 2.75) is 65.9 Å². The van der Waals surface area contributed by atoms with Gasteiger partial charge in [-0.25, -0.2) is 0 Å². The molecule has 2 aliphatic carbocycles. The van der Waals surface area contributed by atoms with Gasteiger partial charge in [-0.15, -0.1) is 0 Å². The van der Waals surface area contributed by atoms with Gasteiger partial charge in [0, 0.05) is 13.0 Å². The fraction of sp³-hybridized carbons (Fsp3) is 0.938. The second-order valence-corrected chi connectivity index (χ2v) is 7.31. The first-order valence-corrected chi connectivity index (χ1v) is 7.56. The summed E-state index contributed by atoms with van der Waals surface area (Å²) in [6.07, 6.45) is 5.97. The Balaban J connectivity index is 1.93. The lowest BCUT2D eigenvalue weighted by atomic mass is 9.79. The quantitative estimate of drug-likeness (QED) is 0.743. The Kier molecular flexibility index (Phi) is 4.15. The molecule has 0 amide bonds. The fourth-order valence-electron chi connectivity index (χ4n) is 3.98. The van der Waals surface area contributed by atoms with Crippen LogP contribution < -0.4 is 0 Å². The maximum absolute atomic E-state index is 12.5. The number of carbonyl (C=O) groups excluding carboxylic acids is 1. The first kappa shape index (κ1) is 14.0. The van der Waals surface area contributed by atoms with Crippen LogP contribution >= 0.6 is 0 Å². The highest BCUT2D eigenvalue weighted by Gasteiger charge is 2.42. The largest absolute Gasteiger partial charge is 0.370 e. The number of Topliss-reactive ketones (excluding diaryl/α,β-unsaturated/α-hetero) is 1. The third-order valence-corrected chi connectivity index (χ3v) is 4.76. The van der Waals surface area contributed by atoms with E-state index in [9.17, 15) is 4.79 Å². The van der Waals surface area contributed by atoms with Crippen LogP contribution in [0.1, 0.15) is 59.8 Å². The predicted molar refractivity (Wildman–Crippen MR) is 73.4 cm³/mol. The lowest BCUT2D eigenvalue weighted by molar-refractivity contribution is -0.138. The Morgan fingerprint density at radius 1 is 1.28 bits per heavy atom. The van der Waals surface area contributed by atoms with Crippen LogP contribution in [0.4, 0.5) is 0 Å². The van der Waals surface area contributed by atoms with Crippen molar-refractivity contribution >= 4 is 5.78 Å². The van der Waals surface area contributed by atoms with E-state index in [1.165, 1.54) is 25.7 Å². The SMILES string of the molecule is CCOC(C(=O)CC1CC2CCC1C2)C(C)(C)C. The first-order valence-electron chi connectivity index (χ1n) is 7.56. The Morgan fingerprint density at radius 2 is 2.00 bits per heavy atom. The lowest BCUT2D eigenvalue weighted by Crippen LogP contribution is -2.38. The number of ketones is 1. The van der Waals surface area contributed by atoms with Crippen LogP contribution in [-0.4, -0.2) is 18.5 Å². The highest BCUT2D eigenvalue weighted by Crippen LogP contribution is 2.49. The highest BCUT2D eigenvalue weighted by atomic mass is 16.5. The van der Waals surface area contributed by atoms with Gasteiger partial charge >= 0.3 is 0 Å². The average molecular weight is 252 g/mol. The second kappa shape index (κ2) is 5.32. The molecule has 0 N–H and O–H groups in total. The molecule has 0 radical (unpaired) electrons. The average Bonchev–Trinajstić information content (AvgIpc) is 2.85. The summed E-state index contributed by atoms with van der Waals surface area (Å²) in [4.78, 5) is 12.5. The van der Waals surface area contributed by atoms with Gasteiger partial charge in [0.05, 0.1) is 0 Å². The minimum absolute atomic E-state index is 0.0787. The number of carbonyl (C=O) groups is 1.